The quantitative estimate of drug-likeness (QED) is 0.349. The summed E-state index contributed by atoms with van der Waals surface area (Å²) in [4.78, 5) is 13.6. The van der Waals surface area contributed by atoms with Crippen LogP contribution in [0.4, 0.5) is 11.4 Å². The first kappa shape index (κ1) is 15.6. The lowest BCUT2D eigenvalue weighted by Gasteiger charge is -2.07. The van der Waals surface area contributed by atoms with Gasteiger partial charge in [0.1, 0.15) is 5.69 Å². The van der Waals surface area contributed by atoms with Crippen molar-refractivity contribution >= 4 is 34.9 Å². The van der Waals surface area contributed by atoms with E-state index in [1.165, 1.54) is 6.07 Å². The smallest absolute Gasteiger partial charge is 0.292 e. The van der Waals surface area contributed by atoms with E-state index in [0.717, 1.165) is 17.0 Å². The first-order valence-electron chi connectivity index (χ1n) is 6.47. The van der Waals surface area contributed by atoms with Crippen molar-refractivity contribution in [2.75, 3.05) is 5.32 Å². The van der Waals surface area contributed by atoms with Gasteiger partial charge >= 0.3 is 0 Å². The third-order valence-corrected chi connectivity index (χ3v) is 3.10. The number of nitrogens with one attached hydrogen (secondary N) is 3. The fourth-order valence-corrected chi connectivity index (χ4v) is 2.09. The minimum atomic E-state index is -0.472. The van der Waals surface area contributed by atoms with E-state index in [1.54, 1.807) is 24.4 Å². The molecule has 3 N–H and O–H groups in total. The molecule has 0 aliphatic rings. The summed E-state index contributed by atoms with van der Waals surface area (Å²) in [7, 11) is 0. The number of hydrazone groups is 1. The second kappa shape index (κ2) is 6.81. The van der Waals surface area contributed by atoms with E-state index >= 15 is 0 Å². The topological polar surface area (TPSA) is 95.3 Å². The Morgan fingerprint density at radius 3 is 2.77 bits per heavy atom. The Morgan fingerprint density at radius 2 is 2.14 bits per heavy atom. The van der Waals surface area contributed by atoms with Crippen LogP contribution in [-0.2, 0) is 0 Å². The van der Waals surface area contributed by atoms with Crippen molar-refractivity contribution in [3.63, 3.8) is 0 Å². The van der Waals surface area contributed by atoms with Crippen LogP contribution < -0.4 is 10.7 Å². The van der Waals surface area contributed by atoms with Crippen LogP contribution in [0.25, 0.3) is 0 Å². The summed E-state index contributed by atoms with van der Waals surface area (Å²) in [6.07, 6.45) is 1.63. The van der Waals surface area contributed by atoms with E-state index < -0.39 is 4.92 Å². The maximum Gasteiger partial charge on any atom is 0.292 e. The number of H-pyrrole nitrogens is 1. The molecule has 22 heavy (non-hydrogen) atoms. The number of nitro groups is 1. The average Bonchev–Trinajstić information content (AvgIpc) is 2.77. The summed E-state index contributed by atoms with van der Waals surface area (Å²) >= 11 is 5.07. The molecule has 0 aliphatic carbocycles. The summed E-state index contributed by atoms with van der Waals surface area (Å²) in [5.74, 6) is 0. The van der Waals surface area contributed by atoms with Crippen LogP contribution in [0.3, 0.4) is 0 Å². The molecular weight excluding hydrogens is 302 g/mol. The molecular formula is C14H15N5O2S. The zero-order chi connectivity index (χ0) is 16.1. The number of anilines is 1. The van der Waals surface area contributed by atoms with Crippen LogP contribution in [-0.4, -0.2) is 21.2 Å². The molecule has 1 aromatic heterocycles. The molecule has 0 spiro atoms. The number of hydrogen-bond donors (Lipinski definition) is 3. The van der Waals surface area contributed by atoms with Crippen molar-refractivity contribution < 1.29 is 4.92 Å². The summed E-state index contributed by atoms with van der Waals surface area (Å²) in [6, 6.07) is 8.22. The number of para-hydroxylation sites is 2. The number of aryl methyl sites for hydroxylation is 2. The van der Waals surface area contributed by atoms with Gasteiger partial charge in [0.15, 0.2) is 5.11 Å². The summed E-state index contributed by atoms with van der Waals surface area (Å²) in [5, 5.41) is 17.9. The molecule has 0 bridgehead atoms. The van der Waals surface area contributed by atoms with E-state index in [9.17, 15) is 10.1 Å². The summed E-state index contributed by atoms with van der Waals surface area (Å²) < 4.78 is 0. The lowest BCUT2D eigenvalue weighted by atomic mass is 10.3. The van der Waals surface area contributed by atoms with Gasteiger partial charge in [-0.2, -0.15) is 5.10 Å². The van der Waals surface area contributed by atoms with Gasteiger partial charge < -0.3 is 10.3 Å². The molecule has 7 nitrogen and oxygen atoms in total. The van der Waals surface area contributed by atoms with Crippen LogP contribution in [0.5, 0.6) is 0 Å². The normalized spacial score (nSPS) is 10.6. The molecule has 0 saturated heterocycles. The van der Waals surface area contributed by atoms with E-state index in [4.69, 9.17) is 12.2 Å². The molecule has 2 aromatic rings. The molecule has 1 aromatic carbocycles. The Hall–Kier alpha value is -2.74. The zero-order valence-corrected chi connectivity index (χ0v) is 12.9. The predicted molar refractivity (Wildman–Crippen MR) is 90.3 cm³/mol. The summed E-state index contributed by atoms with van der Waals surface area (Å²) in [5.41, 5.74) is 5.89. The number of nitrogens with zero attached hydrogens (tertiary/aromatic N) is 2. The molecule has 0 unspecified atom stereocenters. The molecule has 0 saturated carbocycles. The zero-order valence-electron chi connectivity index (χ0n) is 12.1. The SMILES string of the molecule is Cc1cc(/C=N/NC(=S)Nc2ccccc2[N+](=O)[O-])c(C)[nH]1. The van der Waals surface area contributed by atoms with Gasteiger partial charge in [0.25, 0.3) is 5.69 Å². The second-order valence-electron chi connectivity index (χ2n) is 4.63. The van der Waals surface area contributed by atoms with Gasteiger partial charge in [0, 0.05) is 23.0 Å². The van der Waals surface area contributed by atoms with Gasteiger partial charge in [0.05, 0.1) is 11.1 Å². The molecule has 0 radical (unpaired) electrons. The highest BCUT2D eigenvalue weighted by Crippen LogP contribution is 2.22. The molecule has 2 rings (SSSR count). The fraction of sp³-hybridized carbons (Fsp3) is 0.143. The number of aromatic amines is 1. The van der Waals surface area contributed by atoms with Crippen molar-refractivity contribution in [1.29, 1.82) is 0 Å². The van der Waals surface area contributed by atoms with Gasteiger partial charge in [0.2, 0.25) is 0 Å². The maximum absolute atomic E-state index is 10.9. The fourth-order valence-electron chi connectivity index (χ4n) is 1.93. The van der Waals surface area contributed by atoms with Crippen molar-refractivity contribution in [1.82, 2.24) is 10.4 Å². The van der Waals surface area contributed by atoms with E-state index in [1.807, 2.05) is 19.9 Å². The van der Waals surface area contributed by atoms with E-state index in [-0.39, 0.29) is 10.8 Å². The summed E-state index contributed by atoms with van der Waals surface area (Å²) in [6.45, 7) is 3.90. The first-order valence-corrected chi connectivity index (χ1v) is 6.88. The monoisotopic (exact) mass is 317 g/mol. The van der Waals surface area contributed by atoms with Gasteiger partial charge in [-0.15, -0.1) is 0 Å². The maximum atomic E-state index is 10.9. The van der Waals surface area contributed by atoms with Gasteiger partial charge in [-0.05, 0) is 38.2 Å². The Kier molecular flexibility index (Phi) is 4.84. The van der Waals surface area contributed by atoms with Crippen LogP contribution in [0, 0.1) is 24.0 Å². The van der Waals surface area contributed by atoms with E-state index in [0.29, 0.717) is 5.69 Å². The Bertz CT molecular complexity index is 739. The van der Waals surface area contributed by atoms with Crippen molar-refractivity contribution in [2.24, 2.45) is 5.10 Å². The number of hydrogen-bond acceptors (Lipinski definition) is 4. The highest BCUT2D eigenvalue weighted by Gasteiger charge is 2.12. The molecule has 0 fully saturated rings. The standard InChI is InChI=1S/C14H15N5O2S/c1-9-7-11(10(2)16-9)8-15-18-14(22)17-12-5-3-4-6-13(12)19(20)21/h3-8,16H,1-2H3,(H2,17,18,22)/b15-8+. The van der Waals surface area contributed by atoms with Crippen LogP contribution in [0.15, 0.2) is 35.4 Å². The minimum Gasteiger partial charge on any atom is -0.362 e. The highest BCUT2D eigenvalue weighted by atomic mass is 32.1. The Labute approximate surface area is 132 Å². The third kappa shape index (κ3) is 3.89. The average molecular weight is 317 g/mol. The molecule has 8 heteroatoms. The van der Waals surface area contributed by atoms with Gasteiger partial charge in [-0.25, -0.2) is 0 Å². The largest absolute Gasteiger partial charge is 0.362 e. The number of benzene rings is 1. The van der Waals surface area contributed by atoms with Gasteiger partial charge in [-0.3, -0.25) is 15.5 Å². The van der Waals surface area contributed by atoms with Crippen molar-refractivity contribution in [2.45, 2.75) is 13.8 Å². The molecule has 0 atom stereocenters. The van der Waals surface area contributed by atoms with Crippen molar-refractivity contribution in [3.05, 3.63) is 57.4 Å². The molecule has 0 amide bonds. The lowest BCUT2D eigenvalue weighted by molar-refractivity contribution is -0.383. The lowest BCUT2D eigenvalue weighted by Crippen LogP contribution is -2.24. The van der Waals surface area contributed by atoms with Crippen molar-refractivity contribution in [3.8, 4) is 0 Å². The van der Waals surface area contributed by atoms with Crippen LogP contribution in [0.1, 0.15) is 17.0 Å². The molecule has 0 aliphatic heterocycles. The Balaban J connectivity index is 1.99. The highest BCUT2D eigenvalue weighted by molar-refractivity contribution is 7.80. The molecule has 1 heterocycles. The predicted octanol–water partition coefficient (Wildman–Crippen LogP) is 2.86. The number of aromatic nitrogens is 1. The van der Waals surface area contributed by atoms with Crippen LogP contribution in [0.2, 0.25) is 0 Å². The van der Waals surface area contributed by atoms with E-state index in [2.05, 4.69) is 20.8 Å². The molecule has 114 valence electrons. The minimum absolute atomic E-state index is 0.0484. The number of nitro benzene ring substituents is 1. The van der Waals surface area contributed by atoms with Gasteiger partial charge in [-0.1, -0.05) is 12.1 Å². The second-order valence-corrected chi connectivity index (χ2v) is 5.04. The first-order chi connectivity index (χ1) is 10.5. The van der Waals surface area contributed by atoms with Crippen LogP contribution >= 0.6 is 12.2 Å². The number of rotatable bonds is 4. The Morgan fingerprint density at radius 1 is 1.41 bits per heavy atom. The number of thiocarbonyl (C=S) groups is 1. The third-order valence-electron chi connectivity index (χ3n) is 2.91.